The normalized spacial score (nSPS) is 17.2. The molecule has 0 aromatic heterocycles. The zero-order valence-electron chi connectivity index (χ0n) is 18.6. The summed E-state index contributed by atoms with van der Waals surface area (Å²) < 4.78 is 10.7. The number of hydrogen-bond acceptors (Lipinski definition) is 5. The van der Waals surface area contributed by atoms with E-state index in [1.54, 1.807) is 13.2 Å². The Kier molecular flexibility index (Phi) is 7.84. The van der Waals surface area contributed by atoms with Gasteiger partial charge in [-0.3, -0.25) is 4.79 Å². The van der Waals surface area contributed by atoms with Crippen molar-refractivity contribution < 1.29 is 19.4 Å². The van der Waals surface area contributed by atoms with Gasteiger partial charge in [-0.05, 0) is 88.0 Å². The smallest absolute Gasteiger partial charge is 0.312 e. The highest BCUT2D eigenvalue weighted by Crippen LogP contribution is 2.38. The number of ether oxygens (including phenoxy) is 2. The van der Waals surface area contributed by atoms with E-state index in [4.69, 9.17) is 21.1 Å². The molecule has 0 saturated carbocycles. The second-order valence-electron chi connectivity index (χ2n) is 8.40. The highest BCUT2D eigenvalue weighted by molar-refractivity contribution is 6.30. The van der Waals surface area contributed by atoms with Crippen molar-refractivity contribution in [1.82, 2.24) is 4.90 Å². The lowest BCUT2D eigenvalue weighted by Gasteiger charge is -2.42. The first-order chi connectivity index (χ1) is 14.9. The average Bonchev–Trinajstić information content (AvgIpc) is 2.77. The van der Waals surface area contributed by atoms with Gasteiger partial charge in [0.05, 0.1) is 19.1 Å². The number of piperidine rings is 1. The summed E-state index contributed by atoms with van der Waals surface area (Å²) in [5, 5.41) is 10.5. The molecule has 0 radical (unpaired) electrons. The van der Waals surface area contributed by atoms with Gasteiger partial charge in [-0.1, -0.05) is 29.8 Å². The molecule has 1 heterocycles. The van der Waals surface area contributed by atoms with Crippen molar-refractivity contribution in [2.45, 2.75) is 45.6 Å². The Hall–Kier alpha value is -2.24. The van der Waals surface area contributed by atoms with Gasteiger partial charge in [0.15, 0.2) is 11.5 Å². The quantitative estimate of drug-likeness (QED) is 0.587. The molecule has 168 valence electrons. The summed E-state index contributed by atoms with van der Waals surface area (Å²) in [6, 6.07) is 13.5. The van der Waals surface area contributed by atoms with Gasteiger partial charge in [-0.25, -0.2) is 0 Å². The highest BCUT2D eigenvalue weighted by Gasteiger charge is 2.43. The molecule has 1 aliphatic rings. The first-order valence-electron chi connectivity index (χ1n) is 10.9. The Morgan fingerprint density at radius 1 is 1.16 bits per heavy atom. The number of methoxy groups -OCH3 is 1. The minimum absolute atomic E-state index is 0.0967. The van der Waals surface area contributed by atoms with Gasteiger partial charge >= 0.3 is 5.97 Å². The number of carbonyl (C=O) groups is 1. The predicted molar refractivity (Wildman–Crippen MR) is 123 cm³/mol. The van der Waals surface area contributed by atoms with Crippen LogP contribution in [0.2, 0.25) is 5.02 Å². The van der Waals surface area contributed by atoms with Crippen molar-refractivity contribution in [2.24, 2.45) is 5.41 Å². The van der Waals surface area contributed by atoms with E-state index >= 15 is 0 Å². The molecule has 5 nitrogen and oxygen atoms in total. The second-order valence-corrected chi connectivity index (χ2v) is 8.84. The molecular weight excluding hydrogens is 414 g/mol. The third-order valence-electron chi connectivity index (χ3n) is 6.32. The first kappa shape index (κ1) is 23.4. The van der Waals surface area contributed by atoms with E-state index in [-0.39, 0.29) is 11.7 Å². The van der Waals surface area contributed by atoms with E-state index in [1.807, 2.05) is 43.3 Å². The summed E-state index contributed by atoms with van der Waals surface area (Å²) in [4.78, 5) is 15.4. The van der Waals surface area contributed by atoms with E-state index in [9.17, 15) is 9.90 Å². The molecule has 1 N–H and O–H groups in total. The number of hydrogen-bond donors (Lipinski definition) is 1. The monoisotopic (exact) mass is 445 g/mol. The van der Waals surface area contributed by atoms with Crippen LogP contribution in [0.15, 0.2) is 42.5 Å². The topological polar surface area (TPSA) is 59.0 Å². The fourth-order valence-corrected chi connectivity index (χ4v) is 4.57. The zero-order valence-corrected chi connectivity index (χ0v) is 19.3. The number of halogens is 1. The SMILES string of the molecule is CCOC(=O)C1(Cc2ccc(Cl)cc2)CCN(C(C)Cc2ccc(O)c(OC)c2)CC1. The summed E-state index contributed by atoms with van der Waals surface area (Å²) in [6.07, 6.45) is 3.04. The maximum absolute atomic E-state index is 13.0. The van der Waals surface area contributed by atoms with E-state index in [0.717, 1.165) is 43.5 Å². The summed E-state index contributed by atoms with van der Waals surface area (Å²) in [5.74, 6) is 0.548. The zero-order chi connectivity index (χ0) is 22.4. The van der Waals surface area contributed by atoms with Crippen molar-refractivity contribution in [3.8, 4) is 11.5 Å². The molecule has 0 amide bonds. The number of aromatic hydroxyl groups is 1. The van der Waals surface area contributed by atoms with Crippen molar-refractivity contribution in [1.29, 1.82) is 0 Å². The van der Waals surface area contributed by atoms with Gasteiger partial charge < -0.3 is 19.5 Å². The average molecular weight is 446 g/mol. The summed E-state index contributed by atoms with van der Waals surface area (Å²) in [7, 11) is 1.56. The highest BCUT2D eigenvalue weighted by atomic mass is 35.5. The number of carbonyl (C=O) groups excluding carboxylic acids is 1. The van der Waals surface area contributed by atoms with Crippen LogP contribution in [0.5, 0.6) is 11.5 Å². The molecular formula is C25H32ClNO4. The van der Waals surface area contributed by atoms with Crippen molar-refractivity contribution >= 4 is 17.6 Å². The summed E-state index contributed by atoms with van der Waals surface area (Å²) in [6.45, 7) is 6.13. The maximum Gasteiger partial charge on any atom is 0.312 e. The lowest BCUT2D eigenvalue weighted by molar-refractivity contribution is -0.159. The molecule has 3 rings (SSSR count). The molecule has 1 atom stereocenters. The minimum Gasteiger partial charge on any atom is -0.504 e. The Labute approximate surface area is 189 Å². The van der Waals surface area contributed by atoms with Gasteiger partial charge in [0, 0.05) is 11.1 Å². The van der Waals surface area contributed by atoms with Crippen LogP contribution in [0.1, 0.15) is 37.8 Å². The molecule has 2 aromatic rings. The van der Waals surface area contributed by atoms with Crippen LogP contribution < -0.4 is 4.74 Å². The number of esters is 1. The van der Waals surface area contributed by atoms with Crippen molar-refractivity contribution in [3.63, 3.8) is 0 Å². The van der Waals surface area contributed by atoms with Crippen molar-refractivity contribution in [3.05, 3.63) is 58.6 Å². The lowest BCUT2D eigenvalue weighted by atomic mass is 9.73. The van der Waals surface area contributed by atoms with Crippen LogP contribution in [0.4, 0.5) is 0 Å². The second kappa shape index (κ2) is 10.4. The van der Waals surface area contributed by atoms with Crippen LogP contribution in [0.3, 0.4) is 0 Å². The minimum atomic E-state index is -0.498. The van der Waals surface area contributed by atoms with Gasteiger partial charge in [0.25, 0.3) is 0 Å². The van der Waals surface area contributed by atoms with Crippen LogP contribution in [0, 0.1) is 5.41 Å². The van der Waals surface area contributed by atoms with Crippen LogP contribution in [0.25, 0.3) is 0 Å². The van der Waals surface area contributed by atoms with Gasteiger partial charge in [0.2, 0.25) is 0 Å². The summed E-state index contributed by atoms with van der Waals surface area (Å²) in [5.41, 5.74) is 1.72. The number of rotatable bonds is 8. The Bertz CT molecular complexity index is 876. The Balaban J connectivity index is 1.68. The van der Waals surface area contributed by atoms with E-state index in [0.29, 0.717) is 29.8 Å². The number of likely N-dealkylation sites (tertiary alicyclic amines) is 1. The van der Waals surface area contributed by atoms with Gasteiger partial charge in [-0.2, -0.15) is 0 Å². The van der Waals surface area contributed by atoms with E-state index in [1.165, 1.54) is 0 Å². The Morgan fingerprint density at radius 2 is 1.81 bits per heavy atom. The van der Waals surface area contributed by atoms with Gasteiger partial charge in [-0.15, -0.1) is 0 Å². The maximum atomic E-state index is 13.0. The third kappa shape index (κ3) is 5.72. The van der Waals surface area contributed by atoms with E-state index in [2.05, 4.69) is 11.8 Å². The Morgan fingerprint density at radius 3 is 2.42 bits per heavy atom. The molecule has 31 heavy (non-hydrogen) atoms. The van der Waals surface area contributed by atoms with Crippen LogP contribution >= 0.6 is 11.6 Å². The molecule has 6 heteroatoms. The molecule has 0 spiro atoms. The fourth-order valence-electron chi connectivity index (χ4n) is 4.44. The molecule has 1 unspecified atom stereocenters. The van der Waals surface area contributed by atoms with Crippen LogP contribution in [-0.2, 0) is 22.4 Å². The standard InChI is InChI=1S/C25H32ClNO4/c1-4-31-24(29)25(17-19-5-8-21(26)9-6-19)11-13-27(14-12-25)18(2)15-20-7-10-22(28)23(16-20)30-3/h5-10,16,18,28H,4,11-15,17H2,1-3H3. The molecule has 0 bridgehead atoms. The number of phenols is 1. The number of nitrogens with zero attached hydrogens (tertiary/aromatic N) is 1. The molecule has 1 saturated heterocycles. The van der Waals surface area contributed by atoms with Crippen LogP contribution in [-0.4, -0.2) is 48.8 Å². The number of phenolic OH excluding ortho intramolecular Hbond substituents is 1. The molecule has 1 fully saturated rings. The molecule has 1 aliphatic heterocycles. The molecule has 0 aliphatic carbocycles. The van der Waals surface area contributed by atoms with Crippen molar-refractivity contribution in [2.75, 3.05) is 26.8 Å². The lowest BCUT2D eigenvalue weighted by Crippen LogP contribution is -2.49. The van der Waals surface area contributed by atoms with E-state index < -0.39 is 5.41 Å². The largest absolute Gasteiger partial charge is 0.504 e. The van der Waals surface area contributed by atoms with Gasteiger partial charge in [0.1, 0.15) is 0 Å². The predicted octanol–water partition coefficient (Wildman–Crippen LogP) is 4.87. The fraction of sp³-hybridized carbons (Fsp3) is 0.480. The third-order valence-corrected chi connectivity index (χ3v) is 6.57. The molecule has 2 aromatic carbocycles. The summed E-state index contributed by atoms with van der Waals surface area (Å²) >= 11 is 6.03. The number of benzene rings is 2. The first-order valence-corrected chi connectivity index (χ1v) is 11.3.